The van der Waals surface area contributed by atoms with Gasteiger partial charge in [-0.2, -0.15) is 0 Å². The number of sulfonamides is 1. The lowest BCUT2D eigenvalue weighted by Crippen LogP contribution is -2.27. The van der Waals surface area contributed by atoms with Crippen LogP contribution in [0.1, 0.15) is 26.3 Å². The fourth-order valence-corrected chi connectivity index (χ4v) is 4.98. The maximum Gasteiger partial charge on any atom is 0.250 e. The normalized spacial score (nSPS) is 12.3. The van der Waals surface area contributed by atoms with Gasteiger partial charge in [0.05, 0.1) is 3.79 Å². The first-order chi connectivity index (χ1) is 10.7. The van der Waals surface area contributed by atoms with Gasteiger partial charge in [-0.3, -0.25) is 0 Å². The lowest BCUT2D eigenvalue weighted by atomic mass is 9.87. The highest BCUT2D eigenvalue weighted by Crippen LogP contribution is 2.26. The summed E-state index contributed by atoms with van der Waals surface area (Å²) in [6.45, 7) is 6.96. The van der Waals surface area contributed by atoms with Crippen molar-refractivity contribution in [1.29, 1.82) is 0 Å². The first kappa shape index (κ1) is 18.4. The van der Waals surface area contributed by atoms with Crippen molar-refractivity contribution in [1.82, 2.24) is 4.72 Å². The molecule has 1 N–H and O–H groups in total. The van der Waals surface area contributed by atoms with Crippen molar-refractivity contribution in [2.75, 3.05) is 13.2 Å². The van der Waals surface area contributed by atoms with Crippen LogP contribution in [0.25, 0.3) is 0 Å². The monoisotopic (exact) mass is 417 g/mol. The molecule has 7 heteroatoms. The summed E-state index contributed by atoms with van der Waals surface area (Å²) in [5, 5.41) is 0. The van der Waals surface area contributed by atoms with Crippen molar-refractivity contribution in [3.05, 3.63) is 45.7 Å². The summed E-state index contributed by atoms with van der Waals surface area (Å²) in [5.74, 6) is 0.732. The fourth-order valence-electron chi connectivity index (χ4n) is 1.91. The summed E-state index contributed by atoms with van der Waals surface area (Å²) in [6, 6.07) is 11.2. The summed E-state index contributed by atoms with van der Waals surface area (Å²) in [6.07, 6.45) is 0. The Morgan fingerprint density at radius 2 is 1.78 bits per heavy atom. The Morgan fingerprint density at radius 1 is 1.13 bits per heavy atom. The molecule has 0 fully saturated rings. The van der Waals surface area contributed by atoms with E-state index in [1.54, 1.807) is 12.1 Å². The molecule has 1 aromatic carbocycles. The van der Waals surface area contributed by atoms with Gasteiger partial charge in [-0.05, 0) is 51.2 Å². The largest absolute Gasteiger partial charge is 0.492 e. The summed E-state index contributed by atoms with van der Waals surface area (Å²) >= 11 is 4.44. The average molecular weight is 418 g/mol. The minimum absolute atomic E-state index is 0.100. The molecule has 23 heavy (non-hydrogen) atoms. The number of hydrogen-bond donors (Lipinski definition) is 1. The van der Waals surface area contributed by atoms with Crippen LogP contribution in [-0.4, -0.2) is 21.6 Å². The van der Waals surface area contributed by atoms with E-state index >= 15 is 0 Å². The molecule has 2 rings (SSSR count). The zero-order valence-corrected chi connectivity index (χ0v) is 16.5. The smallest absolute Gasteiger partial charge is 0.250 e. The second-order valence-electron chi connectivity index (χ2n) is 6.08. The van der Waals surface area contributed by atoms with Crippen molar-refractivity contribution in [2.24, 2.45) is 0 Å². The van der Waals surface area contributed by atoms with E-state index in [9.17, 15) is 8.42 Å². The van der Waals surface area contributed by atoms with Crippen LogP contribution in [0.3, 0.4) is 0 Å². The Bertz CT molecular complexity index is 746. The fraction of sp³-hybridized carbons (Fsp3) is 0.375. The molecule has 0 saturated heterocycles. The van der Waals surface area contributed by atoms with Crippen molar-refractivity contribution >= 4 is 37.3 Å². The standard InChI is InChI=1S/C16H20BrNO3S2/c1-16(2,3)12-4-6-13(7-5-12)21-11-10-18-23(19,20)15-9-8-14(17)22-15/h4-9,18H,10-11H2,1-3H3. The minimum Gasteiger partial charge on any atom is -0.492 e. The van der Waals surface area contributed by atoms with E-state index < -0.39 is 10.0 Å². The van der Waals surface area contributed by atoms with E-state index in [-0.39, 0.29) is 18.6 Å². The first-order valence-corrected chi connectivity index (χ1v) is 10.3. The summed E-state index contributed by atoms with van der Waals surface area (Å²) in [7, 11) is -3.46. The van der Waals surface area contributed by atoms with Crippen LogP contribution < -0.4 is 9.46 Å². The molecule has 0 aliphatic carbocycles. The molecule has 4 nitrogen and oxygen atoms in total. The molecular weight excluding hydrogens is 398 g/mol. The Balaban J connectivity index is 1.84. The quantitative estimate of drug-likeness (QED) is 0.717. The number of nitrogens with one attached hydrogen (secondary N) is 1. The number of ether oxygens (including phenoxy) is 1. The van der Waals surface area contributed by atoms with Gasteiger partial charge in [0, 0.05) is 6.54 Å². The third-order valence-corrected chi connectivity index (χ3v) is 6.77. The molecule has 0 spiro atoms. The number of benzene rings is 1. The van der Waals surface area contributed by atoms with Crippen molar-refractivity contribution < 1.29 is 13.2 Å². The second-order valence-corrected chi connectivity index (χ2v) is 10.5. The lowest BCUT2D eigenvalue weighted by Gasteiger charge is -2.19. The molecule has 0 aliphatic rings. The molecule has 0 bridgehead atoms. The Labute approximate surface area is 150 Å². The van der Waals surface area contributed by atoms with Crippen LogP contribution in [0, 0.1) is 0 Å². The van der Waals surface area contributed by atoms with Gasteiger partial charge in [-0.25, -0.2) is 13.1 Å². The maximum atomic E-state index is 12.0. The molecule has 0 amide bonds. The number of hydrogen-bond acceptors (Lipinski definition) is 4. The number of thiophene rings is 1. The van der Waals surface area contributed by atoms with Crippen molar-refractivity contribution in [3.63, 3.8) is 0 Å². The number of halogens is 1. The van der Waals surface area contributed by atoms with Crippen molar-refractivity contribution in [3.8, 4) is 5.75 Å². The van der Waals surface area contributed by atoms with E-state index in [0.717, 1.165) is 9.54 Å². The van der Waals surface area contributed by atoms with E-state index in [4.69, 9.17) is 4.74 Å². The summed E-state index contributed by atoms with van der Waals surface area (Å²) in [5.41, 5.74) is 1.33. The minimum atomic E-state index is -3.46. The zero-order chi connectivity index (χ0) is 17.1. The molecule has 1 aromatic heterocycles. The Hall–Kier alpha value is -0.890. The highest BCUT2D eigenvalue weighted by Gasteiger charge is 2.16. The van der Waals surface area contributed by atoms with Crippen LogP contribution in [-0.2, 0) is 15.4 Å². The predicted molar refractivity (Wildman–Crippen MR) is 97.8 cm³/mol. The van der Waals surface area contributed by atoms with Crippen LogP contribution in [0.15, 0.2) is 44.4 Å². The van der Waals surface area contributed by atoms with E-state index in [0.29, 0.717) is 4.21 Å². The highest BCUT2D eigenvalue weighted by molar-refractivity contribution is 9.11. The molecule has 0 atom stereocenters. The van der Waals surface area contributed by atoms with E-state index in [2.05, 4.69) is 41.4 Å². The highest BCUT2D eigenvalue weighted by atomic mass is 79.9. The van der Waals surface area contributed by atoms with Crippen LogP contribution in [0.5, 0.6) is 5.75 Å². The van der Waals surface area contributed by atoms with Crippen LogP contribution >= 0.6 is 27.3 Å². The molecule has 0 saturated carbocycles. The molecule has 0 unspecified atom stereocenters. The Morgan fingerprint density at radius 3 is 2.30 bits per heavy atom. The third kappa shape index (κ3) is 5.31. The second kappa shape index (κ2) is 7.34. The van der Waals surface area contributed by atoms with Gasteiger partial charge in [0.15, 0.2) is 0 Å². The van der Waals surface area contributed by atoms with Crippen LogP contribution in [0.4, 0.5) is 0 Å². The predicted octanol–water partition coefficient (Wildman–Crippen LogP) is 4.17. The first-order valence-electron chi connectivity index (χ1n) is 7.17. The van der Waals surface area contributed by atoms with Gasteiger partial charge >= 0.3 is 0 Å². The van der Waals surface area contributed by atoms with Gasteiger partial charge in [0.2, 0.25) is 10.0 Å². The lowest BCUT2D eigenvalue weighted by molar-refractivity contribution is 0.322. The molecule has 126 valence electrons. The zero-order valence-electron chi connectivity index (χ0n) is 13.3. The molecule has 2 aromatic rings. The van der Waals surface area contributed by atoms with E-state index in [1.165, 1.54) is 16.9 Å². The van der Waals surface area contributed by atoms with Gasteiger partial charge in [-0.1, -0.05) is 32.9 Å². The maximum absolute atomic E-state index is 12.0. The van der Waals surface area contributed by atoms with Gasteiger partial charge < -0.3 is 4.74 Å². The number of rotatable bonds is 6. The van der Waals surface area contributed by atoms with Crippen LogP contribution in [0.2, 0.25) is 0 Å². The summed E-state index contributed by atoms with van der Waals surface area (Å²) < 4.78 is 33.3. The molecule has 1 heterocycles. The SMILES string of the molecule is CC(C)(C)c1ccc(OCCNS(=O)(=O)c2ccc(Br)s2)cc1. The van der Waals surface area contributed by atoms with Crippen molar-refractivity contribution in [2.45, 2.75) is 30.4 Å². The third-order valence-electron chi connectivity index (χ3n) is 3.20. The topological polar surface area (TPSA) is 55.4 Å². The molecule has 0 radical (unpaired) electrons. The van der Waals surface area contributed by atoms with Gasteiger partial charge in [0.25, 0.3) is 0 Å². The summed E-state index contributed by atoms with van der Waals surface area (Å²) in [4.78, 5) is 0. The van der Waals surface area contributed by atoms with Gasteiger partial charge in [0.1, 0.15) is 16.6 Å². The van der Waals surface area contributed by atoms with Gasteiger partial charge in [-0.15, -0.1) is 11.3 Å². The molecular formula is C16H20BrNO3S2. The average Bonchev–Trinajstić information content (AvgIpc) is 2.91. The molecule has 0 aliphatic heterocycles. The van der Waals surface area contributed by atoms with E-state index in [1.807, 2.05) is 24.3 Å². The Kier molecular flexibility index (Phi) is 5.89.